The summed E-state index contributed by atoms with van der Waals surface area (Å²) in [6, 6.07) is 17.3. The van der Waals surface area contributed by atoms with Crippen molar-refractivity contribution in [3.05, 3.63) is 85.0 Å². The number of benzene rings is 3. The van der Waals surface area contributed by atoms with E-state index in [4.69, 9.17) is 0 Å². The monoisotopic (exact) mass is 258 g/mol. The molecule has 0 unspecified atom stereocenters. The van der Waals surface area contributed by atoms with Gasteiger partial charge >= 0.3 is 0 Å². The second-order valence-electron chi connectivity index (χ2n) is 5.03. The van der Waals surface area contributed by atoms with Gasteiger partial charge in [0, 0.05) is 0 Å². The van der Waals surface area contributed by atoms with E-state index < -0.39 is 0 Å². The highest BCUT2D eigenvalue weighted by Crippen LogP contribution is 2.33. The van der Waals surface area contributed by atoms with Crippen molar-refractivity contribution in [1.82, 2.24) is 0 Å². The number of fused-ring (bicyclic) bond motifs is 2. The third kappa shape index (κ3) is 1.94. The standard InChI is InChI=1S/C20H18/c1-3-9-15-17-11-5-7-13-19(17)16(10-4-2)20-14-8-6-12-18(15)20/h3-8,11-14H,1-2,9-10H2. The lowest BCUT2D eigenvalue weighted by molar-refractivity contribution is 1.30. The van der Waals surface area contributed by atoms with E-state index >= 15 is 0 Å². The average molecular weight is 258 g/mol. The second kappa shape index (κ2) is 5.34. The fourth-order valence-electron chi connectivity index (χ4n) is 3.04. The zero-order chi connectivity index (χ0) is 13.9. The van der Waals surface area contributed by atoms with E-state index in [1.54, 1.807) is 0 Å². The molecule has 0 radical (unpaired) electrons. The fourth-order valence-corrected chi connectivity index (χ4v) is 3.04. The molecular weight excluding hydrogens is 240 g/mol. The molecular formula is C20H18. The SMILES string of the molecule is C=CCc1c2ccccc2c(CC=C)c2ccccc12. The molecule has 0 saturated heterocycles. The molecule has 0 atom stereocenters. The first-order valence-corrected chi connectivity index (χ1v) is 6.99. The molecule has 3 rings (SSSR count). The van der Waals surface area contributed by atoms with Crippen molar-refractivity contribution in [2.75, 3.05) is 0 Å². The maximum absolute atomic E-state index is 3.91. The van der Waals surface area contributed by atoms with Crippen molar-refractivity contribution in [3.63, 3.8) is 0 Å². The molecule has 0 spiro atoms. The summed E-state index contributed by atoms with van der Waals surface area (Å²) >= 11 is 0. The highest BCUT2D eigenvalue weighted by molar-refractivity contribution is 6.06. The lowest BCUT2D eigenvalue weighted by Crippen LogP contribution is -1.94. The van der Waals surface area contributed by atoms with Gasteiger partial charge < -0.3 is 0 Å². The Kier molecular flexibility index (Phi) is 3.39. The molecule has 0 fully saturated rings. The summed E-state index contributed by atoms with van der Waals surface area (Å²) in [7, 11) is 0. The summed E-state index contributed by atoms with van der Waals surface area (Å²) < 4.78 is 0. The van der Waals surface area contributed by atoms with Gasteiger partial charge in [0.2, 0.25) is 0 Å². The molecule has 0 bridgehead atoms. The average Bonchev–Trinajstić information content (AvgIpc) is 2.50. The normalized spacial score (nSPS) is 10.8. The van der Waals surface area contributed by atoms with Crippen LogP contribution in [-0.4, -0.2) is 0 Å². The van der Waals surface area contributed by atoms with Crippen LogP contribution in [-0.2, 0) is 12.8 Å². The molecule has 0 heterocycles. The first kappa shape index (κ1) is 12.7. The Morgan fingerprint density at radius 3 is 1.15 bits per heavy atom. The molecule has 3 aromatic rings. The molecule has 0 aromatic heterocycles. The van der Waals surface area contributed by atoms with E-state index in [0.29, 0.717) is 0 Å². The molecule has 0 heteroatoms. The molecule has 0 aliphatic carbocycles. The van der Waals surface area contributed by atoms with Crippen molar-refractivity contribution >= 4 is 21.5 Å². The first-order chi connectivity index (χ1) is 9.86. The van der Waals surface area contributed by atoms with Gasteiger partial charge in [-0.15, -0.1) is 13.2 Å². The highest BCUT2D eigenvalue weighted by Gasteiger charge is 2.11. The van der Waals surface area contributed by atoms with Crippen LogP contribution >= 0.6 is 0 Å². The molecule has 0 aliphatic rings. The van der Waals surface area contributed by atoms with Gasteiger partial charge in [0.15, 0.2) is 0 Å². The summed E-state index contributed by atoms with van der Waals surface area (Å²) in [4.78, 5) is 0. The Labute approximate surface area is 120 Å². The predicted octanol–water partition coefficient (Wildman–Crippen LogP) is 5.45. The minimum atomic E-state index is 0.898. The first-order valence-electron chi connectivity index (χ1n) is 6.99. The molecule has 0 saturated carbocycles. The van der Waals surface area contributed by atoms with E-state index in [2.05, 4.69) is 61.7 Å². The second-order valence-corrected chi connectivity index (χ2v) is 5.03. The fraction of sp³-hybridized carbons (Fsp3) is 0.100. The third-order valence-electron chi connectivity index (χ3n) is 3.85. The largest absolute Gasteiger partial charge is 0.103 e. The zero-order valence-electron chi connectivity index (χ0n) is 11.6. The van der Waals surface area contributed by atoms with Crippen LogP contribution in [0.2, 0.25) is 0 Å². The van der Waals surface area contributed by atoms with Crippen LogP contribution in [0.4, 0.5) is 0 Å². The van der Waals surface area contributed by atoms with Crippen molar-refractivity contribution in [2.24, 2.45) is 0 Å². The molecule has 3 aromatic carbocycles. The van der Waals surface area contributed by atoms with E-state index in [1.165, 1.54) is 32.7 Å². The van der Waals surface area contributed by atoms with Crippen LogP contribution in [0.1, 0.15) is 11.1 Å². The Balaban J connectivity index is 2.53. The Hall–Kier alpha value is -2.34. The minimum absolute atomic E-state index is 0.898. The van der Waals surface area contributed by atoms with Crippen molar-refractivity contribution in [3.8, 4) is 0 Å². The van der Waals surface area contributed by atoms with Gasteiger partial charge in [-0.1, -0.05) is 60.7 Å². The maximum atomic E-state index is 3.91. The lowest BCUT2D eigenvalue weighted by Gasteiger charge is -2.15. The van der Waals surface area contributed by atoms with Crippen molar-refractivity contribution in [2.45, 2.75) is 12.8 Å². The summed E-state index contributed by atoms with van der Waals surface area (Å²) in [5, 5.41) is 5.34. The van der Waals surface area contributed by atoms with Crippen LogP contribution in [0.15, 0.2) is 73.8 Å². The highest BCUT2D eigenvalue weighted by atomic mass is 14.1. The number of rotatable bonds is 4. The van der Waals surface area contributed by atoms with Crippen molar-refractivity contribution in [1.29, 1.82) is 0 Å². The summed E-state index contributed by atoms with van der Waals surface area (Å²) in [6.07, 6.45) is 5.77. The zero-order valence-corrected chi connectivity index (χ0v) is 11.6. The molecule has 0 nitrogen and oxygen atoms in total. The van der Waals surface area contributed by atoms with Gasteiger partial charge in [-0.3, -0.25) is 0 Å². The molecule has 0 aliphatic heterocycles. The van der Waals surface area contributed by atoms with E-state index in [1.807, 2.05) is 12.2 Å². The van der Waals surface area contributed by atoms with Crippen LogP contribution < -0.4 is 0 Å². The minimum Gasteiger partial charge on any atom is -0.103 e. The molecule has 20 heavy (non-hydrogen) atoms. The van der Waals surface area contributed by atoms with Crippen LogP contribution in [0.25, 0.3) is 21.5 Å². The topological polar surface area (TPSA) is 0 Å². The lowest BCUT2D eigenvalue weighted by atomic mass is 9.89. The smallest absolute Gasteiger partial charge is 0.00878 e. The number of hydrogen-bond acceptors (Lipinski definition) is 0. The number of allylic oxidation sites excluding steroid dienone is 2. The Morgan fingerprint density at radius 1 is 0.600 bits per heavy atom. The van der Waals surface area contributed by atoms with Crippen LogP contribution in [0.5, 0.6) is 0 Å². The van der Waals surface area contributed by atoms with Crippen LogP contribution in [0, 0.1) is 0 Å². The van der Waals surface area contributed by atoms with Crippen molar-refractivity contribution < 1.29 is 0 Å². The molecule has 98 valence electrons. The summed E-state index contributed by atoms with van der Waals surface area (Å²) in [5.41, 5.74) is 2.75. The number of hydrogen-bond donors (Lipinski definition) is 0. The van der Waals surface area contributed by atoms with Gasteiger partial charge in [-0.05, 0) is 45.5 Å². The van der Waals surface area contributed by atoms with Gasteiger partial charge in [-0.2, -0.15) is 0 Å². The Morgan fingerprint density at radius 2 is 0.900 bits per heavy atom. The quantitative estimate of drug-likeness (QED) is 0.431. The summed E-state index contributed by atoms with van der Waals surface area (Å²) in [5.74, 6) is 0. The third-order valence-corrected chi connectivity index (χ3v) is 3.85. The molecule has 0 N–H and O–H groups in total. The van der Waals surface area contributed by atoms with Gasteiger partial charge in [-0.25, -0.2) is 0 Å². The predicted molar refractivity (Wildman–Crippen MR) is 89.3 cm³/mol. The van der Waals surface area contributed by atoms with E-state index in [0.717, 1.165) is 12.8 Å². The summed E-state index contributed by atoms with van der Waals surface area (Å²) in [6.45, 7) is 7.82. The molecule has 0 amide bonds. The van der Waals surface area contributed by atoms with E-state index in [-0.39, 0.29) is 0 Å². The van der Waals surface area contributed by atoms with E-state index in [9.17, 15) is 0 Å². The van der Waals surface area contributed by atoms with Gasteiger partial charge in [0.05, 0.1) is 0 Å². The van der Waals surface area contributed by atoms with Gasteiger partial charge in [0.25, 0.3) is 0 Å². The van der Waals surface area contributed by atoms with Crippen LogP contribution in [0.3, 0.4) is 0 Å². The maximum Gasteiger partial charge on any atom is -0.00878 e. The van der Waals surface area contributed by atoms with Gasteiger partial charge in [0.1, 0.15) is 0 Å². The Bertz CT molecular complexity index is 669.